The standard InChI is InChI=1S/C11H19N5/c1-12-10-8-13-9-11(15-10)14-4-7-16-5-2-3-6-16/h8-9H,2-7H2,1H3,(H2,12,14,15). The molecule has 16 heavy (non-hydrogen) atoms. The summed E-state index contributed by atoms with van der Waals surface area (Å²) in [6.07, 6.45) is 6.15. The number of anilines is 2. The van der Waals surface area contributed by atoms with E-state index in [-0.39, 0.29) is 0 Å². The van der Waals surface area contributed by atoms with E-state index in [4.69, 9.17) is 0 Å². The summed E-state index contributed by atoms with van der Waals surface area (Å²) in [5, 5.41) is 6.27. The van der Waals surface area contributed by atoms with Gasteiger partial charge in [0.25, 0.3) is 0 Å². The van der Waals surface area contributed by atoms with Gasteiger partial charge < -0.3 is 15.5 Å². The average Bonchev–Trinajstić information content (AvgIpc) is 2.82. The first kappa shape index (κ1) is 11.1. The smallest absolute Gasteiger partial charge is 0.147 e. The van der Waals surface area contributed by atoms with Gasteiger partial charge in [0.1, 0.15) is 11.6 Å². The number of likely N-dealkylation sites (tertiary alicyclic amines) is 1. The van der Waals surface area contributed by atoms with Crippen molar-refractivity contribution < 1.29 is 0 Å². The van der Waals surface area contributed by atoms with Gasteiger partial charge in [-0.25, -0.2) is 4.98 Å². The van der Waals surface area contributed by atoms with Gasteiger partial charge in [-0.15, -0.1) is 0 Å². The summed E-state index contributed by atoms with van der Waals surface area (Å²) in [4.78, 5) is 10.9. The molecule has 1 fully saturated rings. The molecule has 2 N–H and O–H groups in total. The maximum absolute atomic E-state index is 4.35. The summed E-state index contributed by atoms with van der Waals surface area (Å²) in [6.45, 7) is 4.50. The largest absolute Gasteiger partial charge is 0.372 e. The summed E-state index contributed by atoms with van der Waals surface area (Å²) in [5.74, 6) is 1.64. The molecule has 0 spiro atoms. The summed E-state index contributed by atoms with van der Waals surface area (Å²) < 4.78 is 0. The predicted octanol–water partition coefficient (Wildman–Crippen LogP) is 1.03. The molecule has 0 saturated carbocycles. The van der Waals surface area contributed by atoms with Crippen molar-refractivity contribution in [2.24, 2.45) is 0 Å². The van der Waals surface area contributed by atoms with E-state index < -0.39 is 0 Å². The maximum Gasteiger partial charge on any atom is 0.147 e. The molecule has 88 valence electrons. The molecule has 1 aromatic rings. The Morgan fingerprint density at radius 2 is 2.00 bits per heavy atom. The number of nitrogens with one attached hydrogen (secondary N) is 2. The van der Waals surface area contributed by atoms with Gasteiger partial charge in [-0.3, -0.25) is 4.98 Å². The Bertz CT molecular complexity index is 322. The van der Waals surface area contributed by atoms with Crippen molar-refractivity contribution in [2.45, 2.75) is 12.8 Å². The Morgan fingerprint density at radius 3 is 2.75 bits per heavy atom. The van der Waals surface area contributed by atoms with E-state index in [9.17, 15) is 0 Å². The first-order chi connectivity index (χ1) is 7.88. The summed E-state index contributed by atoms with van der Waals surface area (Å²) in [5.41, 5.74) is 0. The Kier molecular flexibility index (Phi) is 3.93. The highest BCUT2D eigenvalue weighted by Crippen LogP contribution is 2.08. The molecule has 1 saturated heterocycles. The molecule has 1 aliphatic rings. The predicted molar refractivity (Wildman–Crippen MR) is 65.7 cm³/mol. The summed E-state index contributed by atoms with van der Waals surface area (Å²) >= 11 is 0. The van der Waals surface area contributed by atoms with Gasteiger partial charge in [0.2, 0.25) is 0 Å². The zero-order chi connectivity index (χ0) is 11.2. The van der Waals surface area contributed by atoms with Crippen LogP contribution in [-0.4, -0.2) is 48.1 Å². The first-order valence-corrected chi connectivity index (χ1v) is 5.84. The van der Waals surface area contributed by atoms with E-state index in [1.54, 1.807) is 12.4 Å². The molecular formula is C11H19N5. The lowest BCUT2D eigenvalue weighted by molar-refractivity contribution is 0.352. The minimum atomic E-state index is 0.797. The van der Waals surface area contributed by atoms with Crippen LogP contribution in [0.3, 0.4) is 0 Å². The van der Waals surface area contributed by atoms with Crippen molar-refractivity contribution in [2.75, 3.05) is 43.9 Å². The molecule has 5 heteroatoms. The van der Waals surface area contributed by atoms with Crippen LogP contribution in [0.4, 0.5) is 11.6 Å². The molecule has 0 aromatic carbocycles. The Hall–Kier alpha value is -1.36. The van der Waals surface area contributed by atoms with Crippen molar-refractivity contribution in [1.82, 2.24) is 14.9 Å². The molecule has 1 aromatic heterocycles. The van der Waals surface area contributed by atoms with Crippen LogP contribution in [-0.2, 0) is 0 Å². The van der Waals surface area contributed by atoms with Crippen LogP contribution in [0.5, 0.6) is 0 Å². The molecule has 0 unspecified atom stereocenters. The van der Waals surface area contributed by atoms with Crippen LogP contribution < -0.4 is 10.6 Å². The lowest BCUT2D eigenvalue weighted by Gasteiger charge is -2.14. The molecule has 2 heterocycles. The van der Waals surface area contributed by atoms with E-state index in [0.717, 1.165) is 24.7 Å². The molecule has 5 nitrogen and oxygen atoms in total. The number of hydrogen-bond acceptors (Lipinski definition) is 5. The van der Waals surface area contributed by atoms with Gasteiger partial charge in [-0.05, 0) is 25.9 Å². The molecule has 0 aliphatic carbocycles. The molecule has 0 bridgehead atoms. The topological polar surface area (TPSA) is 53.1 Å². The van der Waals surface area contributed by atoms with Crippen LogP contribution in [0.15, 0.2) is 12.4 Å². The van der Waals surface area contributed by atoms with E-state index >= 15 is 0 Å². The summed E-state index contributed by atoms with van der Waals surface area (Å²) in [6, 6.07) is 0. The minimum Gasteiger partial charge on any atom is -0.372 e. The zero-order valence-corrected chi connectivity index (χ0v) is 9.74. The van der Waals surface area contributed by atoms with Crippen LogP contribution in [0.2, 0.25) is 0 Å². The second-order valence-corrected chi connectivity index (χ2v) is 4.02. The zero-order valence-electron chi connectivity index (χ0n) is 9.74. The lowest BCUT2D eigenvalue weighted by atomic mass is 10.4. The third kappa shape index (κ3) is 3.06. The molecular weight excluding hydrogens is 202 g/mol. The van der Waals surface area contributed by atoms with Crippen molar-refractivity contribution in [1.29, 1.82) is 0 Å². The highest BCUT2D eigenvalue weighted by atomic mass is 15.2. The highest BCUT2D eigenvalue weighted by molar-refractivity contribution is 5.40. The van der Waals surface area contributed by atoms with E-state index in [1.165, 1.54) is 25.9 Å². The van der Waals surface area contributed by atoms with Crippen molar-refractivity contribution in [3.63, 3.8) is 0 Å². The average molecular weight is 221 g/mol. The van der Waals surface area contributed by atoms with Gasteiger partial charge in [0.05, 0.1) is 12.4 Å². The molecule has 2 rings (SSSR count). The van der Waals surface area contributed by atoms with E-state index in [1.807, 2.05) is 7.05 Å². The van der Waals surface area contributed by atoms with E-state index in [0.29, 0.717) is 0 Å². The number of hydrogen-bond donors (Lipinski definition) is 2. The second kappa shape index (κ2) is 5.65. The molecule has 0 atom stereocenters. The first-order valence-electron chi connectivity index (χ1n) is 5.84. The Balaban J connectivity index is 1.75. The van der Waals surface area contributed by atoms with Gasteiger partial charge in [0.15, 0.2) is 0 Å². The lowest BCUT2D eigenvalue weighted by Crippen LogP contribution is -2.26. The van der Waals surface area contributed by atoms with Crippen LogP contribution in [0.25, 0.3) is 0 Å². The van der Waals surface area contributed by atoms with Crippen LogP contribution in [0.1, 0.15) is 12.8 Å². The fourth-order valence-electron chi connectivity index (χ4n) is 1.92. The molecule has 0 radical (unpaired) electrons. The normalized spacial score (nSPS) is 16.3. The third-order valence-electron chi connectivity index (χ3n) is 2.82. The fourth-order valence-corrected chi connectivity index (χ4v) is 1.92. The quantitative estimate of drug-likeness (QED) is 0.777. The van der Waals surface area contributed by atoms with Crippen LogP contribution in [0, 0.1) is 0 Å². The summed E-state index contributed by atoms with van der Waals surface area (Å²) in [7, 11) is 1.85. The highest BCUT2D eigenvalue weighted by Gasteiger charge is 2.10. The Morgan fingerprint density at radius 1 is 1.25 bits per heavy atom. The van der Waals surface area contributed by atoms with Gasteiger partial charge >= 0.3 is 0 Å². The van der Waals surface area contributed by atoms with Gasteiger partial charge in [-0.2, -0.15) is 0 Å². The monoisotopic (exact) mass is 221 g/mol. The number of aromatic nitrogens is 2. The van der Waals surface area contributed by atoms with Crippen LogP contribution >= 0.6 is 0 Å². The van der Waals surface area contributed by atoms with Gasteiger partial charge in [0, 0.05) is 20.1 Å². The molecule has 1 aliphatic heterocycles. The molecule has 0 amide bonds. The third-order valence-corrected chi connectivity index (χ3v) is 2.82. The van der Waals surface area contributed by atoms with E-state index in [2.05, 4.69) is 25.5 Å². The van der Waals surface area contributed by atoms with Crippen molar-refractivity contribution in [3.8, 4) is 0 Å². The van der Waals surface area contributed by atoms with Crippen molar-refractivity contribution >= 4 is 11.6 Å². The minimum absolute atomic E-state index is 0.797. The second-order valence-electron chi connectivity index (χ2n) is 4.02. The SMILES string of the molecule is CNc1cncc(NCCN2CCCC2)n1. The maximum atomic E-state index is 4.35. The van der Waals surface area contributed by atoms with Gasteiger partial charge in [-0.1, -0.05) is 0 Å². The number of nitrogens with zero attached hydrogens (tertiary/aromatic N) is 3. The number of rotatable bonds is 5. The fraction of sp³-hybridized carbons (Fsp3) is 0.636. The van der Waals surface area contributed by atoms with Crippen molar-refractivity contribution in [3.05, 3.63) is 12.4 Å². The Labute approximate surface area is 96.3 Å².